The number of amides is 5. The van der Waals surface area contributed by atoms with E-state index in [0.29, 0.717) is 0 Å². The fraction of sp³-hybridized carbons (Fsp3) is 0.821. The zero-order chi connectivity index (χ0) is 47.0. The predicted octanol–water partition coefficient (Wildman–Crippen LogP) is -0.150. The van der Waals surface area contributed by atoms with Crippen molar-refractivity contribution in [3.63, 3.8) is 0 Å². The van der Waals surface area contributed by atoms with Crippen molar-refractivity contribution in [2.75, 3.05) is 26.8 Å². The average Bonchev–Trinajstić information content (AvgIpc) is 3.09. The molecular weight excluding hydrogens is 824 g/mol. The molecule has 1 saturated carbocycles. The van der Waals surface area contributed by atoms with Gasteiger partial charge in [0.2, 0.25) is 12.2 Å². The van der Waals surface area contributed by atoms with Gasteiger partial charge >= 0.3 is 24.4 Å². The van der Waals surface area contributed by atoms with E-state index in [-0.39, 0.29) is 38.2 Å². The van der Waals surface area contributed by atoms with Crippen LogP contribution in [0.1, 0.15) is 88.5 Å². The number of likely N-dealkylation sites (N-methyl/N-ethyl adjacent to an activating group) is 1. The molecule has 12 atom stereocenters. The Hall–Kier alpha value is -4.23. The first-order chi connectivity index (χ1) is 28.5. The van der Waals surface area contributed by atoms with Gasteiger partial charge in [-0.1, -0.05) is 0 Å². The molecule has 1 unspecified atom stereocenters. The van der Waals surface area contributed by atoms with Gasteiger partial charge in [-0.05, 0) is 102 Å². The number of primary amides is 1. The highest BCUT2D eigenvalue weighted by Crippen LogP contribution is 2.33. The Labute approximate surface area is 361 Å². The minimum absolute atomic E-state index is 0.0288. The van der Waals surface area contributed by atoms with Gasteiger partial charge in [-0.3, -0.25) is 4.79 Å². The van der Waals surface area contributed by atoms with E-state index >= 15 is 0 Å². The van der Waals surface area contributed by atoms with Gasteiger partial charge in [0.1, 0.15) is 65.3 Å². The molecule has 0 aromatic heterocycles. The van der Waals surface area contributed by atoms with Crippen LogP contribution in [0.25, 0.3) is 0 Å². The van der Waals surface area contributed by atoms with Crippen molar-refractivity contribution in [2.24, 2.45) is 5.73 Å². The van der Waals surface area contributed by atoms with Crippen molar-refractivity contribution >= 4 is 30.3 Å². The molecule has 23 heteroatoms. The summed E-state index contributed by atoms with van der Waals surface area (Å²) in [6.45, 7) is 15.4. The first kappa shape index (κ1) is 52.1. The predicted molar refractivity (Wildman–Crippen MR) is 216 cm³/mol. The third-order valence-corrected chi connectivity index (χ3v) is 9.37. The van der Waals surface area contributed by atoms with Crippen LogP contribution in [0.4, 0.5) is 19.2 Å². The number of nitrogens with one attached hydrogen (secondary N) is 5. The summed E-state index contributed by atoms with van der Waals surface area (Å²) in [4.78, 5) is 63.5. The number of nitrogens with two attached hydrogens (primary N) is 1. The summed E-state index contributed by atoms with van der Waals surface area (Å²) in [5.74, 6) is -0.894. The molecule has 0 spiro atoms. The van der Waals surface area contributed by atoms with Crippen LogP contribution in [0.3, 0.4) is 0 Å². The van der Waals surface area contributed by atoms with Gasteiger partial charge in [-0.15, -0.1) is 0 Å². The number of aliphatic hydroxyl groups excluding tert-OH is 3. The Balaban J connectivity index is 2.03. The van der Waals surface area contributed by atoms with Crippen LogP contribution in [0.15, 0.2) is 11.8 Å². The Morgan fingerprint density at radius 2 is 1.34 bits per heavy atom. The summed E-state index contributed by atoms with van der Waals surface area (Å²) in [6.07, 6.45) is -13.9. The van der Waals surface area contributed by atoms with Crippen molar-refractivity contribution in [1.29, 1.82) is 0 Å². The first-order valence-corrected chi connectivity index (χ1v) is 20.4. The molecule has 1 aliphatic carbocycles. The van der Waals surface area contributed by atoms with Gasteiger partial charge < -0.3 is 90.6 Å². The maximum absolute atomic E-state index is 13.6. The molecule has 11 N–H and O–H groups in total. The molecule has 23 nitrogen and oxygen atoms in total. The maximum Gasteiger partial charge on any atom is 0.408 e. The van der Waals surface area contributed by atoms with E-state index in [9.17, 15) is 44.4 Å². The summed E-state index contributed by atoms with van der Waals surface area (Å²) in [6, 6.07) is -4.54. The maximum atomic E-state index is 13.6. The number of alkyl carbamates (subject to hydrolysis) is 3. The molecule has 2 aliphatic heterocycles. The van der Waals surface area contributed by atoms with E-state index in [2.05, 4.69) is 26.6 Å². The third-order valence-electron chi connectivity index (χ3n) is 9.37. The molecule has 0 aromatic rings. The van der Waals surface area contributed by atoms with Crippen LogP contribution < -0.4 is 32.3 Å². The Morgan fingerprint density at radius 1 is 0.823 bits per heavy atom. The fourth-order valence-electron chi connectivity index (χ4n) is 6.80. The monoisotopic (exact) mass is 892 g/mol. The number of ether oxygens (including phenoxy) is 8. The highest BCUT2D eigenvalue weighted by molar-refractivity contribution is 5.81. The minimum Gasteiger partial charge on any atom is -0.464 e. The second-order valence-corrected chi connectivity index (χ2v) is 18.6. The smallest absolute Gasteiger partial charge is 0.408 e. The highest BCUT2D eigenvalue weighted by Gasteiger charge is 2.53. The second kappa shape index (κ2) is 21.4. The van der Waals surface area contributed by atoms with E-state index in [1.165, 1.54) is 20.0 Å². The van der Waals surface area contributed by atoms with E-state index in [0.717, 1.165) is 0 Å². The van der Waals surface area contributed by atoms with Crippen molar-refractivity contribution in [3.8, 4) is 0 Å². The molecular formula is C39H68N6O17. The van der Waals surface area contributed by atoms with Gasteiger partial charge in [-0.2, -0.15) is 0 Å². The molecule has 2 heterocycles. The molecule has 3 rings (SSSR count). The fourth-order valence-corrected chi connectivity index (χ4v) is 6.80. The molecule has 0 bridgehead atoms. The molecule has 2 fully saturated rings. The van der Waals surface area contributed by atoms with Crippen molar-refractivity contribution in [3.05, 3.63) is 11.8 Å². The zero-order valence-corrected chi connectivity index (χ0v) is 37.3. The number of aliphatic hydroxyl groups is 4. The molecule has 1 saturated heterocycles. The topological polar surface area (TPSA) is 326 Å². The molecule has 62 heavy (non-hydrogen) atoms. The van der Waals surface area contributed by atoms with Crippen LogP contribution in [0.5, 0.6) is 0 Å². The molecule has 5 amide bonds. The standard InChI is InChI=1S/C39H68N6O17/c1-36(2,3)60-33(51)42-15-14-23(46)29(49)43-21-16-22(45-35(53)62-38(7,8)9)27(24(47)26(21)59-31-25(48)28(41-11)39(10,54)18-56-31)58-30-20(44-34(52)61-37(4,5)6)13-12-19(57-30)17-55-32(40)50/h12,20-28,30-31,41,46-48,54H,13-18H2,1-11H3,(H2,40,50)(H,42,51)(H,43,49)(H,44,52)(H,45,53)/t20-,21-,22+,23?,24-,25-,26+,27-,28-,30-,31-,39+/m1/s1. The Morgan fingerprint density at radius 3 is 1.87 bits per heavy atom. The van der Waals surface area contributed by atoms with Crippen molar-refractivity contribution in [2.45, 2.75) is 178 Å². The highest BCUT2D eigenvalue weighted by atomic mass is 16.7. The number of hydrogen-bond donors (Lipinski definition) is 10. The van der Waals surface area contributed by atoms with Crippen LogP contribution >= 0.6 is 0 Å². The Bertz CT molecular complexity index is 1580. The third kappa shape index (κ3) is 16.5. The lowest BCUT2D eigenvalue weighted by Crippen LogP contribution is -2.70. The normalized spacial score (nSPS) is 30.9. The number of carbonyl (C=O) groups is 5. The lowest BCUT2D eigenvalue weighted by atomic mass is 9.82. The van der Waals surface area contributed by atoms with E-state index in [1.807, 2.05) is 0 Å². The quantitative estimate of drug-likeness (QED) is 0.101. The molecule has 0 radical (unpaired) electrons. The van der Waals surface area contributed by atoms with Crippen LogP contribution in [-0.4, -0.2) is 167 Å². The molecule has 0 aromatic carbocycles. The van der Waals surface area contributed by atoms with Gasteiger partial charge in [-0.25, -0.2) is 19.2 Å². The lowest BCUT2D eigenvalue weighted by Gasteiger charge is -2.49. The summed E-state index contributed by atoms with van der Waals surface area (Å²) in [5.41, 5.74) is 0.930. The van der Waals surface area contributed by atoms with E-state index < -0.39 is 127 Å². The summed E-state index contributed by atoms with van der Waals surface area (Å²) in [5, 5.41) is 58.7. The van der Waals surface area contributed by atoms with Crippen molar-refractivity contribution in [1.82, 2.24) is 26.6 Å². The Kier molecular flexibility index (Phi) is 18.0. The summed E-state index contributed by atoms with van der Waals surface area (Å²) < 4.78 is 45.5. The number of carbonyl (C=O) groups excluding carboxylic acids is 5. The zero-order valence-electron chi connectivity index (χ0n) is 37.3. The van der Waals surface area contributed by atoms with Gasteiger partial charge in [0.25, 0.3) is 0 Å². The van der Waals surface area contributed by atoms with Gasteiger partial charge in [0.05, 0.1) is 30.8 Å². The van der Waals surface area contributed by atoms with Crippen molar-refractivity contribution < 1.29 is 82.3 Å². The van der Waals surface area contributed by atoms with E-state index in [1.54, 1.807) is 62.3 Å². The number of hydrogen-bond acceptors (Lipinski definition) is 18. The molecule has 356 valence electrons. The lowest BCUT2D eigenvalue weighted by molar-refractivity contribution is -0.305. The first-order valence-electron chi connectivity index (χ1n) is 20.4. The largest absolute Gasteiger partial charge is 0.464 e. The summed E-state index contributed by atoms with van der Waals surface area (Å²) >= 11 is 0. The van der Waals surface area contributed by atoms with Gasteiger partial charge in [0, 0.05) is 6.54 Å². The summed E-state index contributed by atoms with van der Waals surface area (Å²) in [7, 11) is 1.50. The average molecular weight is 893 g/mol. The van der Waals surface area contributed by atoms with E-state index in [4.69, 9.17) is 43.6 Å². The minimum atomic E-state index is -1.85. The SMILES string of the molecule is CN[C@@H]1[C@@H](O)[C@@H](O[C@@H]2[C@@H](O)[C@H](O[C@H]3OC(COC(N)=O)=CC[C@H]3NC(=O)OC(C)(C)C)[C@@H](NC(=O)OC(C)(C)C)C[C@H]2NC(=O)C(O)CCNC(=O)OC(C)(C)C)OC[C@]1(C)O. The van der Waals surface area contributed by atoms with Crippen LogP contribution in [0.2, 0.25) is 0 Å². The van der Waals surface area contributed by atoms with Gasteiger partial charge in [0.15, 0.2) is 6.29 Å². The van der Waals surface area contributed by atoms with Crippen LogP contribution in [-0.2, 0) is 42.7 Å². The number of rotatable bonds is 14. The molecule has 3 aliphatic rings. The second-order valence-electron chi connectivity index (χ2n) is 18.6. The van der Waals surface area contributed by atoms with Crippen LogP contribution in [0, 0.1) is 0 Å².